The minimum atomic E-state index is 0.646. The topological polar surface area (TPSA) is 12.0 Å². The fourth-order valence-electron chi connectivity index (χ4n) is 3.41. The van der Waals surface area contributed by atoms with Crippen molar-refractivity contribution in [3.05, 3.63) is 0 Å². The molecular weight excluding hydrogens is 170 g/mol. The summed E-state index contributed by atoms with van der Waals surface area (Å²) < 4.78 is 0. The van der Waals surface area contributed by atoms with Gasteiger partial charge in [-0.2, -0.15) is 0 Å². The molecule has 0 saturated heterocycles. The molecule has 1 heteroatoms. The van der Waals surface area contributed by atoms with Crippen LogP contribution in [0.5, 0.6) is 0 Å². The summed E-state index contributed by atoms with van der Waals surface area (Å²) in [4.78, 5) is 0. The molecule has 0 aromatic carbocycles. The van der Waals surface area contributed by atoms with Gasteiger partial charge < -0.3 is 5.32 Å². The fraction of sp³-hybridized carbons (Fsp3) is 1.00. The van der Waals surface area contributed by atoms with Crippen LogP contribution >= 0.6 is 0 Å². The SMILES string of the molecule is CC1CCCC1NCC1CC(C)(C)C1. The van der Waals surface area contributed by atoms with Gasteiger partial charge in [0.1, 0.15) is 0 Å². The highest BCUT2D eigenvalue weighted by molar-refractivity contribution is 4.89. The third kappa shape index (κ3) is 2.31. The summed E-state index contributed by atoms with van der Waals surface area (Å²) in [6.45, 7) is 8.46. The zero-order valence-corrected chi connectivity index (χ0v) is 9.97. The molecule has 0 radical (unpaired) electrons. The molecule has 0 aliphatic heterocycles. The first kappa shape index (κ1) is 10.5. The van der Waals surface area contributed by atoms with Gasteiger partial charge in [0, 0.05) is 6.04 Å². The van der Waals surface area contributed by atoms with Crippen LogP contribution in [-0.2, 0) is 0 Å². The first-order valence-electron chi connectivity index (χ1n) is 6.30. The molecule has 0 heterocycles. The summed E-state index contributed by atoms with van der Waals surface area (Å²) in [6, 6.07) is 0.832. The van der Waals surface area contributed by atoms with E-state index in [9.17, 15) is 0 Å². The lowest BCUT2D eigenvalue weighted by Crippen LogP contribution is -2.42. The lowest BCUT2D eigenvalue weighted by atomic mass is 9.64. The molecule has 1 N–H and O–H groups in total. The van der Waals surface area contributed by atoms with Crippen LogP contribution in [0.25, 0.3) is 0 Å². The average Bonchev–Trinajstić information content (AvgIpc) is 2.44. The van der Waals surface area contributed by atoms with Crippen molar-refractivity contribution in [3.8, 4) is 0 Å². The predicted octanol–water partition coefficient (Wildman–Crippen LogP) is 3.20. The van der Waals surface area contributed by atoms with E-state index in [1.165, 1.54) is 38.6 Å². The summed E-state index contributed by atoms with van der Waals surface area (Å²) >= 11 is 0. The molecule has 14 heavy (non-hydrogen) atoms. The van der Waals surface area contributed by atoms with Crippen LogP contribution in [0.3, 0.4) is 0 Å². The third-order valence-corrected chi connectivity index (χ3v) is 4.21. The average molecular weight is 195 g/mol. The van der Waals surface area contributed by atoms with Crippen molar-refractivity contribution in [3.63, 3.8) is 0 Å². The molecule has 2 aliphatic carbocycles. The van der Waals surface area contributed by atoms with Gasteiger partial charge >= 0.3 is 0 Å². The van der Waals surface area contributed by atoms with E-state index in [1.54, 1.807) is 0 Å². The van der Waals surface area contributed by atoms with Gasteiger partial charge in [-0.1, -0.05) is 27.2 Å². The Balaban J connectivity index is 1.64. The highest BCUT2D eigenvalue weighted by atomic mass is 14.9. The quantitative estimate of drug-likeness (QED) is 0.729. The summed E-state index contributed by atoms with van der Waals surface area (Å²) in [5.41, 5.74) is 0.646. The Kier molecular flexibility index (Phi) is 2.88. The zero-order valence-electron chi connectivity index (χ0n) is 9.97. The van der Waals surface area contributed by atoms with Crippen LogP contribution in [0.2, 0.25) is 0 Å². The fourth-order valence-corrected chi connectivity index (χ4v) is 3.41. The Labute approximate surface area is 88.7 Å². The summed E-state index contributed by atoms with van der Waals surface area (Å²) in [6.07, 6.45) is 7.16. The molecule has 0 aromatic rings. The van der Waals surface area contributed by atoms with E-state index in [0.717, 1.165) is 17.9 Å². The lowest BCUT2D eigenvalue weighted by molar-refractivity contribution is 0.0922. The maximum absolute atomic E-state index is 3.77. The Morgan fingerprint density at radius 1 is 1.21 bits per heavy atom. The zero-order chi connectivity index (χ0) is 10.2. The van der Waals surface area contributed by atoms with Crippen molar-refractivity contribution in [1.29, 1.82) is 0 Å². The smallest absolute Gasteiger partial charge is 0.00928 e. The molecular formula is C13H25N. The third-order valence-electron chi connectivity index (χ3n) is 4.21. The lowest BCUT2D eigenvalue weighted by Gasteiger charge is -2.43. The number of nitrogens with one attached hydrogen (secondary N) is 1. The van der Waals surface area contributed by atoms with Crippen LogP contribution in [0, 0.1) is 17.3 Å². The van der Waals surface area contributed by atoms with Crippen molar-refractivity contribution in [1.82, 2.24) is 5.32 Å². The second kappa shape index (κ2) is 3.84. The largest absolute Gasteiger partial charge is 0.313 e. The van der Waals surface area contributed by atoms with E-state index in [4.69, 9.17) is 0 Å². The van der Waals surface area contributed by atoms with Gasteiger partial charge in [-0.15, -0.1) is 0 Å². The Hall–Kier alpha value is -0.0400. The molecule has 0 bridgehead atoms. The number of hydrogen-bond donors (Lipinski definition) is 1. The molecule has 2 saturated carbocycles. The summed E-state index contributed by atoms with van der Waals surface area (Å²) in [7, 11) is 0. The molecule has 2 fully saturated rings. The van der Waals surface area contributed by atoms with Gasteiger partial charge in [-0.3, -0.25) is 0 Å². The second-order valence-corrected chi connectivity index (χ2v) is 6.36. The van der Waals surface area contributed by atoms with Crippen LogP contribution in [0.15, 0.2) is 0 Å². The summed E-state index contributed by atoms with van der Waals surface area (Å²) in [5.74, 6) is 1.89. The molecule has 0 amide bonds. The molecule has 2 aliphatic rings. The molecule has 2 atom stereocenters. The van der Waals surface area contributed by atoms with E-state index in [2.05, 4.69) is 26.1 Å². The molecule has 0 spiro atoms. The first-order chi connectivity index (χ1) is 6.57. The molecule has 0 aromatic heterocycles. The highest BCUT2D eigenvalue weighted by Crippen LogP contribution is 2.44. The Bertz CT molecular complexity index is 189. The minimum Gasteiger partial charge on any atom is -0.313 e. The van der Waals surface area contributed by atoms with Gasteiger partial charge in [0.25, 0.3) is 0 Å². The first-order valence-corrected chi connectivity index (χ1v) is 6.30. The van der Waals surface area contributed by atoms with Gasteiger partial charge in [0.05, 0.1) is 0 Å². The van der Waals surface area contributed by atoms with Crippen molar-refractivity contribution in [2.24, 2.45) is 17.3 Å². The van der Waals surface area contributed by atoms with E-state index in [0.29, 0.717) is 5.41 Å². The number of hydrogen-bond acceptors (Lipinski definition) is 1. The second-order valence-electron chi connectivity index (χ2n) is 6.36. The van der Waals surface area contributed by atoms with Crippen molar-refractivity contribution in [2.45, 2.75) is 58.9 Å². The molecule has 2 rings (SSSR count). The van der Waals surface area contributed by atoms with Gasteiger partial charge in [-0.05, 0) is 49.5 Å². The van der Waals surface area contributed by atoms with E-state index >= 15 is 0 Å². The van der Waals surface area contributed by atoms with E-state index in [1.807, 2.05) is 0 Å². The monoisotopic (exact) mass is 195 g/mol. The van der Waals surface area contributed by atoms with Gasteiger partial charge in [-0.25, -0.2) is 0 Å². The molecule has 2 unspecified atom stereocenters. The Morgan fingerprint density at radius 3 is 2.43 bits per heavy atom. The van der Waals surface area contributed by atoms with Crippen molar-refractivity contribution < 1.29 is 0 Å². The van der Waals surface area contributed by atoms with Crippen LogP contribution in [0.4, 0.5) is 0 Å². The van der Waals surface area contributed by atoms with Gasteiger partial charge in [0.2, 0.25) is 0 Å². The summed E-state index contributed by atoms with van der Waals surface area (Å²) in [5, 5.41) is 3.77. The molecule has 1 nitrogen and oxygen atoms in total. The minimum absolute atomic E-state index is 0.646. The maximum atomic E-state index is 3.77. The molecule has 82 valence electrons. The Morgan fingerprint density at radius 2 is 1.93 bits per heavy atom. The normalized spacial score (nSPS) is 37.1. The standard InChI is InChI=1S/C13H25N/c1-10-5-4-6-12(10)14-9-11-7-13(2,3)8-11/h10-12,14H,4-9H2,1-3H3. The van der Waals surface area contributed by atoms with Crippen LogP contribution < -0.4 is 5.32 Å². The van der Waals surface area contributed by atoms with Crippen LogP contribution in [0.1, 0.15) is 52.9 Å². The van der Waals surface area contributed by atoms with E-state index < -0.39 is 0 Å². The van der Waals surface area contributed by atoms with Crippen LogP contribution in [-0.4, -0.2) is 12.6 Å². The number of rotatable bonds is 3. The van der Waals surface area contributed by atoms with Crippen molar-refractivity contribution >= 4 is 0 Å². The highest BCUT2D eigenvalue weighted by Gasteiger charge is 2.36. The van der Waals surface area contributed by atoms with E-state index in [-0.39, 0.29) is 0 Å². The maximum Gasteiger partial charge on any atom is 0.00928 e. The van der Waals surface area contributed by atoms with Crippen molar-refractivity contribution in [2.75, 3.05) is 6.54 Å². The van der Waals surface area contributed by atoms with Gasteiger partial charge in [0.15, 0.2) is 0 Å². The predicted molar refractivity (Wildman–Crippen MR) is 61.3 cm³/mol.